The highest BCUT2D eigenvalue weighted by Gasteiger charge is 2.49. The Hall–Kier alpha value is -2.72. The Balaban J connectivity index is 1.98. The molecule has 128 valence electrons. The van der Waals surface area contributed by atoms with Crippen LogP contribution in [0.25, 0.3) is 11.1 Å². The lowest BCUT2D eigenvalue weighted by molar-refractivity contribution is -0.136. The van der Waals surface area contributed by atoms with Crippen LogP contribution in [-0.4, -0.2) is 35.0 Å². The number of pyridine rings is 1. The second-order valence-corrected chi connectivity index (χ2v) is 6.88. The van der Waals surface area contributed by atoms with Crippen LogP contribution in [0.15, 0.2) is 29.9 Å². The third kappa shape index (κ3) is 2.89. The number of halogens is 1. The van der Waals surface area contributed by atoms with E-state index >= 15 is 0 Å². The molecule has 0 bridgehead atoms. The molecule has 2 aromatic rings. The highest BCUT2D eigenvalue weighted by molar-refractivity contribution is 7.10. The van der Waals surface area contributed by atoms with Crippen molar-refractivity contribution < 1.29 is 9.18 Å². The molecule has 2 N–H and O–H groups in total. The first-order chi connectivity index (χ1) is 11.9. The smallest absolute Gasteiger partial charge is 0.266 e. The van der Waals surface area contributed by atoms with Crippen molar-refractivity contribution >= 4 is 23.2 Å². The molecule has 1 saturated heterocycles. The zero-order chi connectivity index (χ0) is 18.2. The van der Waals surface area contributed by atoms with Crippen LogP contribution in [0.3, 0.4) is 0 Å². The Morgan fingerprint density at radius 2 is 2.16 bits per heavy atom. The van der Waals surface area contributed by atoms with E-state index in [1.165, 1.54) is 18.4 Å². The zero-order valence-electron chi connectivity index (χ0n) is 14.1. The molecular formula is C18H17FN4OS. The Kier molecular flexibility index (Phi) is 4.31. The fraction of sp³-hybridized carbons (Fsp3) is 0.278. The molecule has 0 aliphatic carbocycles. The molecule has 0 saturated carbocycles. The third-order valence-electron chi connectivity index (χ3n) is 4.22. The number of hydrogen-bond acceptors (Lipinski definition) is 4. The minimum atomic E-state index is -1.77. The number of carbonyl (C=O) groups is 1. The van der Waals surface area contributed by atoms with Crippen molar-refractivity contribution in [2.45, 2.75) is 25.6 Å². The van der Waals surface area contributed by atoms with Crippen molar-refractivity contribution in [2.24, 2.45) is 0 Å². The van der Waals surface area contributed by atoms with Crippen LogP contribution in [-0.2, 0) is 10.3 Å². The fourth-order valence-corrected chi connectivity index (χ4v) is 3.73. The summed E-state index contributed by atoms with van der Waals surface area (Å²) in [5.74, 6) is 4.96. The summed E-state index contributed by atoms with van der Waals surface area (Å²) in [5.41, 5.74) is 1.28. The van der Waals surface area contributed by atoms with E-state index in [0.717, 1.165) is 21.6 Å². The van der Waals surface area contributed by atoms with Crippen molar-refractivity contribution in [3.8, 4) is 23.0 Å². The van der Waals surface area contributed by atoms with Crippen molar-refractivity contribution in [3.05, 3.63) is 40.3 Å². The Labute approximate surface area is 149 Å². The lowest BCUT2D eigenvalue weighted by Crippen LogP contribution is -2.64. The van der Waals surface area contributed by atoms with E-state index in [9.17, 15) is 9.18 Å². The van der Waals surface area contributed by atoms with Gasteiger partial charge in [-0.05, 0) is 36.9 Å². The second-order valence-electron chi connectivity index (χ2n) is 5.97. The molecule has 2 atom stereocenters. The average molecular weight is 356 g/mol. The van der Waals surface area contributed by atoms with Crippen LogP contribution in [0.4, 0.5) is 4.39 Å². The van der Waals surface area contributed by atoms with Gasteiger partial charge in [-0.25, -0.2) is 4.39 Å². The highest BCUT2D eigenvalue weighted by atomic mass is 32.1. The summed E-state index contributed by atoms with van der Waals surface area (Å²) in [4.78, 5) is 17.9. The largest absolute Gasteiger partial charge is 0.342 e. The predicted molar refractivity (Wildman–Crippen MR) is 96.0 cm³/mol. The topological polar surface area (TPSA) is 69.1 Å². The molecule has 7 heteroatoms. The average Bonchev–Trinajstić information content (AvgIpc) is 3.10. The summed E-state index contributed by atoms with van der Waals surface area (Å²) in [6.45, 7) is 3.36. The summed E-state index contributed by atoms with van der Waals surface area (Å²) >= 11 is 1.34. The quantitative estimate of drug-likeness (QED) is 0.813. The predicted octanol–water partition coefficient (Wildman–Crippen LogP) is 2.73. The third-order valence-corrected chi connectivity index (χ3v) is 5.39. The first kappa shape index (κ1) is 17.1. The van der Waals surface area contributed by atoms with Gasteiger partial charge in [0, 0.05) is 35.4 Å². The van der Waals surface area contributed by atoms with Gasteiger partial charge in [-0.15, -0.1) is 17.3 Å². The summed E-state index contributed by atoms with van der Waals surface area (Å²) < 4.78 is 14.7. The molecule has 1 amide bonds. The van der Waals surface area contributed by atoms with Gasteiger partial charge in [-0.3, -0.25) is 20.1 Å². The van der Waals surface area contributed by atoms with E-state index < -0.39 is 17.6 Å². The summed E-state index contributed by atoms with van der Waals surface area (Å²) in [5, 5.41) is 12.6. The van der Waals surface area contributed by atoms with Crippen molar-refractivity contribution in [2.75, 3.05) is 7.05 Å². The molecule has 3 heterocycles. The maximum atomic E-state index is 14.7. The minimum absolute atomic E-state index is 0.113. The number of amides is 1. The van der Waals surface area contributed by atoms with E-state index in [1.54, 1.807) is 26.2 Å². The van der Waals surface area contributed by atoms with Crippen LogP contribution < -0.4 is 5.32 Å². The number of hydrogen-bond donors (Lipinski definition) is 2. The standard InChI is InChI=1S/C18H17FN4OS/c1-4-5-11-6-12(9-21-8-11)13-7-14(25-10-13)18(2)15(19)16(24)23(3)17(20)22-18/h6-10,15H,1-3H3,(H2,20,22)/t15?,18-/m1/s1. The van der Waals surface area contributed by atoms with Crippen molar-refractivity contribution in [3.63, 3.8) is 0 Å². The molecule has 1 unspecified atom stereocenters. The number of nitrogens with zero attached hydrogens (tertiary/aromatic N) is 2. The summed E-state index contributed by atoms with van der Waals surface area (Å²) in [6, 6.07) is 3.75. The lowest BCUT2D eigenvalue weighted by Gasteiger charge is -2.41. The normalized spacial score (nSPS) is 23.0. The van der Waals surface area contributed by atoms with Gasteiger partial charge in [0.2, 0.25) is 6.17 Å². The highest BCUT2D eigenvalue weighted by Crippen LogP contribution is 2.37. The Bertz CT molecular complexity index is 913. The van der Waals surface area contributed by atoms with Crippen LogP contribution in [0.5, 0.6) is 0 Å². The van der Waals surface area contributed by atoms with E-state index in [1.807, 2.05) is 17.5 Å². The second kappa shape index (κ2) is 6.30. The molecule has 3 rings (SSSR count). The van der Waals surface area contributed by atoms with Gasteiger partial charge < -0.3 is 5.32 Å². The first-order valence-corrected chi connectivity index (χ1v) is 8.50. The molecule has 2 aromatic heterocycles. The van der Waals surface area contributed by atoms with Gasteiger partial charge in [0.15, 0.2) is 5.96 Å². The molecule has 1 aliphatic rings. The van der Waals surface area contributed by atoms with Gasteiger partial charge in [0.25, 0.3) is 5.91 Å². The summed E-state index contributed by atoms with van der Waals surface area (Å²) in [7, 11) is 1.38. The van der Waals surface area contributed by atoms with E-state index in [4.69, 9.17) is 5.41 Å². The molecule has 1 aliphatic heterocycles. The van der Waals surface area contributed by atoms with Crippen molar-refractivity contribution in [1.82, 2.24) is 15.2 Å². The molecule has 0 spiro atoms. The van der Waals surface area contributed by atoms with Gasteiger partial charge in [0.05, 0.1) is 0 Å². The maximum absolute atomic E-state index is 14.7. The molecule has 1 fully saturated rings. The van der Waals surface area contributed by atoms with Crippen molar-refractivity contribution in [1.29, 1.82) is 5.41 Å². The molecular weight excluding hydrogens is 339 g/mol. The summed E-state index contributed by atoms with van der Waals surface area (Å²) in [6.07, 6.45) is 1.63. The van der Waals surface area contributed by atoms with Crippen LogP contribution >= 0.6 is 11.3 Å². The molecule has 25 heavy (non-hydrogen) atoms. The molecule has 0 aromatic carbocycles. The van der Waals surface area contributed by atoms with Gasteiger partial charge in [-0.1, -0.05) is 5.92 Å². The van der Waals surface area contributed by atoms with Gasteiger partial charge in [0.1, 0.15) is 5.54 Å². The fourth-order valence-electron chi connectivity index (χ4n) is 2.68. The molecule has 0 radical (unpaired) electrons. The Morgan fingerprint density at radius 1 is 1.40 bits per heavy atom. The minimum Gasteiger partial charge on any atom is -0.342 e. The monoisotopic (exact) mass is 356 g/mol. The first-order valence-electron chi connectivity index (χ1n) is 7.62. The van der Waals surface area contributed by atoms with Crippen LogP contribution in [0.2, 0.25) is 0 Å². The number of rotatable bonds is 2. The lowest BCUT2D eigenvalue weighted by atomic mass is 9.90. The number of aromatic nitrogens is 1. The number of nitrogens with one attached hydrogen (secondary N) is 2. The maximum Gasteiger partial charge on any atom is 0.266 e. The Morgan fingerprint density at radius 3 is 2.88 bits per heavy atom. The number of carbonyl (C=O) groups excluding carboxylic acids is 1. The van der Waals surface area contributed by atoms with E-state index in [2.05, 4.69) is 22.1 Å². The van der Waals surface area contributed by atoms with Gasteiger partial charge in [-0.2, -0.15) is 0 Å². The SMILES string of the molecule is CC#Cc1cncc(-c2csc([C@@]3(C)NC(=N)N(C)C(=O)C3F)c2)c1. The molecule has 5 nitrogen and oxygen atoms in total. The van der Waals surface area contributed by atoms with E-state index in [0.29, 0.717) is 4.88 Å². The van der Waals surface area contributed by atoms with E-state index in [-0.39, 0.29) is 5.96 Å². The van der Waals surface area contributed by atoms with Crippen LogP contribution in [0, 0.1) is 17.3 Å². The van der Waals surface area contributed by atoms with Gasteiger partial charge >= 0.3 is 0 Å². The number of guanidine groups is 1. The number of thiophene rings is 1. The zero-order valence-corrected chi connectivity index (χ0v) is 14.9. The number of alkyl halides is 1. The van der Waals surface area contributed by atoms with Crippen LogP contribution in [0.1, 0.15) is 24.3 Å².